The molecule has 70 valence electrons. The highest BCUT2D eigenvalue weighted by Crippen LogP contribution is 2.31. The maximum absolute atomic E-state index is 10.1. The summed E-state index contributed by atoms with van der Waals surface area (Å²) in [6.07, 6.45) is 2.85. The Hall–Kier alpha value is -1.44. The molecule has 1 fully saturated rings. The van der Waals surface area contributed by atoms with Crippen LogP contribution in [0.3, 0.4) is 0 Å². The van der Waals surface area contributed by atoms with Crippen molar-refractivity contribution >= 4 is 6.09 Å². The van der Waals surface area contributed by atoms with Crippen molar-refractivity contribution in [2.75, 3.05) is 0 Å². The third kappa shape index (κ3) is 2.51. The van der Waals surface area contributed by atoms with Crippen LogP contribution in [0, 0.1) is 11.3 Å². The largest absolute Gasteiger partial charge is 0.462 e. The Labute approximate surface area is 76.1 Å². The standard InChI is InChI=1S/C8H11N3O2/c9-6-8(11-10-7(12)13)4-2-1-3-5-8/h1-5H2,(H,12,13). The Kier molecular flexibility index (Phi) is 2.96. The number of nitriles is 1. The number of hydrogen-bond donors (Lipinski definition) is 1. The van der Waals surface area contributed by atoms with E-state index in [1.165, 1.54) is 0 Å². The predicted octanol–water partition coefficient (Wildman–Crippen LogP) is 2.34. The molecule has 0 aromatic heterocycles. The maximum atomic E-state index is 10.1. The molecule has 0 unspecified atom stereocenters. The van der Waals surface area contributed by atoms with Gasteiger partial charge in [0.25, 0.3) is 0 Å². The first-order valence-electron chi connectivity index (χ1n) is 4.26. The third-order valence-corrected chi connectivity index (χ3v) is 2.22. The van der Waals surface area contributed by atoms with Gasteiger partial charge in [-0.2, -0.15) is 10.4 Å². The number of carbonyl (C=O) groups is 1. The van der Waals surface area contributed by atoms with Crippen LogP contribution in [0.2, 0.25) is 0 Å². The van der Waals surface area contributed by atoms with Gasteiger partial charge in [-0.3, -0.25) is 0 Å². The molecular weight excluding hydrogens is 170 g/mol. The zero-order valence-electron chi connectivity index (χ0n) is 7.23. The van der Waals surface area contributed by atoms with Crippen molar-refractivity contribution in [1.82, 2.24) is 0 Å². The average Bonchev–Trinajstić information content (AvgIpc) is 2.16. The Bertz CT molecular complexity index is 261. The Balaban J connectivity index is 2.69. The van der Waals surface area contributed by atoms with Crippen LogP contribution in [0.5, 0.6) is 0 Å². The topological polar surface area (TPSA) is 85.8 Å². The molecule has 0 saturated heterocycles. The molecule has 0 heterocycles. The fraction of sp³-hybridized carbons (Fsp3) is 0.750. The summed E-state index contributed by atoms with van der Waals surface area (Å²) in [6, 6.07) is 2.05. The number of azo groups is 1. The number of carboxylic acid groups (broad SMARTS) is 1. The zero-order valence-corrected chi connectivity index (χ0v) is 7.23. The van der Waals surface area contributed by atoms with Gasteiger partial charge in [0.15, 0.2) is 5.54 Å². The maximum Gasteiger partial charge on any atom is 0.449 e. The first kappa shape index (κ1) is 9.65. The summed E-state index contributed by atoms with van der Waals surface area (Å²) >= 11 is 0. The van der Waals surface area contributed by atoms with Crippen LogP contribution in [0.4, 0.5) is 4.79 Å². The minimum atomic E-state index is -1.33. The highest BCUT2D eigenvalue weighted by atomic mass is 16.4. The number of rotatable bonds is 1. The quantitative estimate of drug-likeness (QED) is 0.630. The van der Waals surface area contributed by atoms with Crippen LogP contribution >= 0.6 is 0 Å². The van der Waals surface area contributed by atoms with Gasteiger partial charge < -0.3 is 5.11 Å². The summed E-state index contributed by atoms with van der Waals surface area (Å²) in [4.78, 5) is 10.1. The number of hydrogen-bond acceptors (Lipinski definition) is 3. The van der Waals surface area contributed by atoms with Crippen LogP contribution in [-0.4, -0.2) is 16.7 Å². The summed E-state index contributed by atoms with van der Waals surface area (Å²) in [6.45, 7) is 0. The zero-order chi connectivity index (χ0) is 9.73. The van der Waals surface area contributed by atoms with Gasteiger partial charge in [-0.15, -0.1) is 0 Å². The molecule has 0 aromatic carbocycles. The summed E-state index contributed by atoms with van der Waals surface area (Å²) in [7, 11) is 0. The van der Waals surface area contributed by atoms with Gasteiger partial charge in [0.05, 0.1) is 6.07 Å². The SMILES string of the molecule is N#CC1(N=NC(=O)O)CCCCC1. The fourth-order valence-corrected chi connectivity index (χ4v) is 1.51. The van der Waals surface area contributed by atoms with Crippen LogP contribution in [0.25, 0.3) is 0 Å². The fourth-order valence-electron chi connectivity index (χ4n) is 1.51. The van der Waals surface area contributed by atoms with Gasteiger partial charge in [-0.25, -0.2) is 4.79 Å². The molecule has 1 rings (SSSR count). The summed E-state index contributed by atoms with van der Waals surface area (Å²) in [5.41, 5.74) is -0.864. The molecule has 0 atom stereocenters. The van der Waals surface area contributed by atoms with E-state index in [4.69, 9.17) is 10.4 Å². The van der Waals surface area contributed by atoms with Crippen LogP contribution in [0.1, 0.15) is 32.1 Å². The lowest BCUT2D eigenvalue weighted by Crippen LogP contribution is -2.26. The highest BCUT2D eigenvalue weighted by molar-refractivity contribution is 5.64. The van der Waals surface area contributed by atoms with Gasteiger partial charge in [0, 0.05) is 0 Å². The third-order valence-electron chi connectivity index (χ3n) is 2.22. The van der Waals surface area contributed by atoms with Gasteiger partial charge in [0.2, 0.25) is 0 Å². The first-order chi connectivity index (χ1) is 6.18. The minimum absolute atomic E-state index is 0.625. The second-order valence-corrected chi connectivity index (χ2v) is 3.19. The van der Waals surface area contributed by atoms with E-state index < -0.39 is 11.6 Å². The molecule has 1 amide bonds. The first-order valence-corrected chi connectivity index (χ1v) is 4.26. The van der Waals surface area contributed by atoms with Gasteiger partial charge in [-0.05, 0) is 25.7 Å². The van der Waals surface area contributed by atoms with Crippen molar-refractivity contribution < 1.29 is 9.90 Å². The van der Waals surface area contributed by atoms with Crippen molar-refractivity contribution in [3.05, 3.63) is 0 Å². The molecule has 5 nitrogen and oxygen atoms in total. The van der Waals surface area contributed by atoms with Crippen molar-refractivity contribution in [2.45, 2.75) is 37.6 Å². The minimum Gasteiger partial charge on any atom is -0.462 e. The van der Waals surface area contributed by atoms with Gasteiger partial charge >= 0.3 is 6.09 Å². The molecule has 1 saturated carbocycles. The molecule has 1 aliphatic carbocycles. The molecule has 0 aliphatic heterocycles. The second-order valence-electron chi connectivity index (χ2n) is 3.19. The summed E-state index contributed by atoms with van der Waals surface area (Å²) in [5.74, 6) is 0. The normalized spacial score (nSPS) is 21.2. The van der Waals surface area contributed by atoms with Gasteiger partial charge in [0.1, 0.15) is 0 Å². The van der Waals surface area contributed by atoms with E-state index >= 15 is 0 Å². The van der Waals surface area contributed by atoms with E-state index in [9.17, 15) is 4.79 Å². The molecule has 13 heavy (non-hydrogen) atoms. The Morgan fingerprint density at radius 3 is 2.46 bits per heavy atom. The van der Waals surface area contributed by atoms with E-state index in [0.29, 0.717) is 12.8 Å². The molecule has 1 aliphatic rings. The molecule has 1 N–H and O–H groups in total. The van der Waals surface area contributed by atoms with Crippen molar-refractivity contribution in [2.24, 2.45) is 10.2 Å². The molecule has 0 aromatic rings. The lowest BCUT2D eigenvalue weighted by Gasteiger charge is -2.24. The molecule has 0 radical (unpaired) electrons. The molecule has 0 bridgehead atoms. The van der Waals surface area contributed by atoms with Gasteiger partial charge in [-0.1, -0.05) is 11.5 Å². The monoisotopic (exact) mass is 181 g/mol. The van der Waals surface area contributed by atoms with E-state index in [-0.39, 0.29) is 0 Å². The van der Waals surface area contributed by atoms with Crippen molar-refractivity contribution in [3.63, 3.8) is 0 Å². The van der Waals surface area contributed by atoms with Crippen LogP contribution in [-0.2, 0) is 0 Å². The molecule has 0 spiro atoms. The van der Waals surface area contributed by atoms with Crippen molar-refractivity contribution in [3.8, 4) is 6.07 Å². The molecular formula is C8H11N3O2. The Morgan fingerprint density at radius 1 is 1.38 bits per heavy atom. The number of amides is 1. The molecule has 5 heteroatoms. The van der Waals surface area contributed by atoms with E-state index in [1.54, 1.807) is 0 Å². The predicted molar refractivity (Wildman–Crippen MR) is 44.3 cm³/mol. The lowest BCUT2D eigenvalue weighted by molar-refractivity contribution is 0.201. The van der Waals surface area contributed by atoms with Crippen molar-refractivity contribution in [1.29, 1.82) is 5.26 Å². The average molecular weight is 181 g/mol. The summed E-state index contributed by atoms with van der Waals surface area (Å²) in [5, 5.41) is 23.7. The lowest BCUT2D eigenvalue weighted by atomic mass is 9.84. The van der Waals surface area contributed by atoms with E-state index in [0.717, 1.165) is 19.3 Å². The smallest absolute Gasteiger partial charge is 0.449 e. The van der Waals surface area contributed by atoms with Crippen LogP contribution in [0.15, 0.2) is 10.2 Å². The van der Waals surface area contributed by atoms with E-state index in [2.05, 4.69) is 10.2 Å². The van der Waals surface area contributed by atoms with E-state index in [1.807, 2.05) is 6.07 Å². The second kappa shape index (κ2) is 3.99. The Morgan fingerprint density at radius 2 is 2.00 bits per heavy atom. The number of nitrogens with zero attached hydrogens (tertiary/aromatic N) is 3. The summed E-state index contributed by atoms with van der Waals surface area (Å²) < 4.78 is 0. The van der Waals surface area contributed by atoms with Crippen LogP contribution < -0.4 is 0 Å². The highest BCUT2D eigenvalue weighted by Gasteiger charge is 2.32.